The van der Waals surface area contributed by atoms with Gasteiger partial charge >= 0.3 is 0 Å². The number of benzene rings is 1. The Kier molecular flexibility index (Phi) is 7.22. The quantitative estimate of drug-likeness (QED) is 0.649. The van der Waals surface area contributed by atoms with Gasteiger partial charge in [-0.25, -0.2) is 0 Å². The Morgan fingerprint density at radius 3 is 2.54 bits per heavy atom. The van der Waals surface area contributed by atoms with Crippen molar-refractivity contribution >= 4 is 23.1 Å². The third kappa shape index (κ3) is 5.34. The Hall–Kier alpha value is -2.41. The number of anilines is 4. The lowest BCUT2D eigenvalue weighted by Gasteiger charge is -2.21. The van der Waals surface area contributed by atoms with Crippen LogP contribution in [-0.2, 0) is 4.74 Å². The smallest absolute Gasteiger partial charge is 0.249 e. The van der Waals surface area contributed by atoms with E-state index in [0.29, 0.717) is 11.8 Å². The maximum Gasteiger partial charge on any atom is 0.249 e. The van der Waals surface area contributed by atoms with Crippen LogP contribution in [0.15, 0.2) is 30.5 Å². The number of hydrogen-bond acceptors (Lipinski definition) is 7. The molecule has 1 heterocycles. The van der Waals surface area contributed by atoms with Crippen LogP contribution in [0.5, 0.6) is 0 Å². The first-order chi connectivity index (χ1) is 11.8. The van der Waals surface area contributed by atoms with Gasteiger partial charge in [-0.15, -0.1) is 5.10 Å². The normalized spacial score (nSPS) is 10.5. The summed E-state index contributed by atoms with van der Waals surface area (Å²) in [5.74, 6) is 1.17. The summed E-state index contributed by atoms with van der Waals surface area (Å²) in [6.07, 6.45) is 2.53. The van der Waals surface area contributed by atoms with Crippen molar-refractivity contribution in [1.82, 2.24) is 15.2 Å². The largest absolute Gasteiger partial charge is 0.385 e. The van der Waals surface area contributed by atoms with E-state index in [2.05, 4.69) is 56.7 Å². The number of ether oxygens (including phenoxy) is 1. The minimum absolute atomic E-state index is 0.474. The molecular weight excluding hydrogens is 304 g/mol. The molecule has 0 fully saturated rings. The molecule has 2 aromatic rings. The highest BCUT2D eigenvalue weighted by Gasteiger charge is 2.04. The van der Waals surface area contributed by atoms with Crippen LogP contribution in [0.2, 0.25) is 0 Å². The van der Waals surface area contributed by atoms with Crippen LogP contribution in [0, 0.1) is 0 Å². The lowest BCUT2D eigenvalue weighted by atomic mass is 10.2. The second-order valence-electron chi connectivity index (χ2n) is 5.28. The van der Waals surface area contributed by atoms with Gasteiger partial charge in [0.1, 0.15) is 0 Å². The third-order valence-corrected chi connectivity index (χ3v) is 3.64. The van der Waals surface area contributed by atoms with Gasteiger partial charge in [0.2, 0.25) is 5.95 Å². The molecule has 0 spiro atoms. The summed E-state index contributed by atoms with van der Waals surface area (Å²) < 4.78 is 5.02. The molecule has 0 unspecified atom stereocenters. The van der Waals surface area contributed by atoms with Gasteiger partial charge in [0.05, 0.1) is 6.20 Å². The molecule has 0 aliphatic rings. The van der Waals surface area contributed by atoms with Gasteiger partial charge in [-0.2, -0.15) is 10.1 Å². The fourth-order valence-electron chi connectivity index (χ4n) is 2.35. The Labute approximate surface area is 143 Å². The zero-order valence-electron chi connectivity index (χ0n) is 14.6. The highest BCUT2D eigenvalue weighted by atomic mass is 16.5. The van der Waals surface area contributed by atoms with Gasteiger partial charge < -0.3 is 20.3 Å². The zero-order chi connectivity index (χ0) is 17.2. The lowest BCUT2D eigenvalue weighted by molar-refractivity contribution is 0.197. The van der Waals surface area contributed by atoms with Crippen molar-refractivity contribution in [3.63, 3.8) is 0 Å². The lowest BCUT2D eigenvalue weighted by Crippen LogP contribution is -2.21. The van der Waals surface area contributed by atoms with Gasteiger partial charge in [-0.05, 0) is 44.5 Å². The van der Waals surface area contributed by atoms with Crippen LogP contribution in [0.1, 0.15) is 20.3 Å². The van der Waals surface area contributed by atoms with E-state index in [1.54, 1.807) is 13.3 Å². The van der Waals surface area contributed by atoms with Gasteiger partial charge in [-0.3, -0.25) is 0 Å². The summed E-state index contributed by atoms with van der Waals surface area (Å²) in [4.78, 5) is 6.71. The molecule has 7 nitrogen and oxygen atoms in total. The summed E-state index contributed by atoms with van der Waals surface area (Å²) in [6.45, 7) is 7.79. The molecule has 0 saturated carbocycles. The number of aromatic nitrogens is 3. The summed E-state index contributed by atoms with van der Waals surface area (Å²) in [6, 6.07) is 8.23. The van der Waals surface area contributed by atoms with Crippen LogP contribution in [-0.4, -0.2) is 48.5 Å². The van der Waals surface area contributed by atoms with Crippen molar-refractivity contribution in [2.75, 3.05) is 48.9 Å². The number of nitrogens with zero attached hydrogens (tertiary/aromatic N) is 4. The van der Waals surface area contributed by atoms with Crippen molar-refractivity contribution in [2.24, 2.45) is 0 Å². The Morgan fingerprint density at radius 2 is 1.88 bits per heavy atom. The number of methoxy groups -OCH3 is 1. The van der Waals surface area contributed by atoms with E-state index < -0.39 is 0 Å². The van der Waals surface area contributed by atoms with E-state index in [9.17, 15) is 0 Å². The van der Waals surface area contributed by atoms with Crippen LogP contribution in [0.25, 0.3) is 0 Å². The highest BCUT2D eigenvalue weighted by Crippen LogP contribution is 2.19. The first-order valence-corrected chi connectivity index (χ1v) is 8.31. The van der Waals surface area contributed by atoms with Crippen LogP contribution in [0.3, 0.4) is 0 Å². The molecule has 2 rings (SSSR count). The Balaban J connectivity index is 1.95. The molecule has 1 aromatic heterocycles. The summed E-state index contributed by atoms with van der Waals surface area (Å²) in [5, 5.41) is 14.4. The van der Waals surface area contributed by atoms with E-state index in [0.717, 1.165) is 38.3 Å². The second-order valence-corrected chi connectivity index (χ2v) is 5.28. The van der Waals surface area contributed by atoms with Crippen LogP contribution < -0.4 is 15.5 Å². The van der Waals surface area contributed by atoms with E-state index in [4.69, 9.17) is 4.74 Å². The first kappa shape index (κ1) is 17.9. The van der Waals surface area contributed by atoms with Crippen molar-refractivity contribution in [3.8, 4) is 0 Å². The molecule has 0 atom stereocenters. The van der Waals surface area contributed by atoms with Crippen LogP contribution >= 0.6 is 0 Å². The van der Waals surface area contributed by atoms with Gasteiger partial charge in [0, 0.05) is 44.7 Å². The fraction of sp³-hybridized carbons (Fsp3) is 0.471. The van der Waals surface area contributed by atoms with Crippen molar-refractivity contribution in [2.45, 2.75) is 20.3 Å². The monoisotopic (exact) mass is 330 g/mol. The fourth-order valence-corrected chi connectivity index (χ4v) is 2.35. The van der Waals surface area contributed by atoms with E-state index in [1.807, 2.05) is 12.1 Å². The molecule has 1 aromatic carbocycles. The van der Waals surface area contributed by atoms with Gasteiger partial charge in [0.25, 0.3) is 0 Å². The zero-order valence-corrected chi connectivity index (χ0v) is 14.6. The first-order valence-electron chi connectivity index (χ1n) is 8.31. The number of rotatable bonds is 10. The molecule has 7 heteroatoms. The SMILES string of the molecule is CCN(CC)c1ccc(Nc2nncc(NCCCOC)n2)cc1. The molecule has 0 saturated heterocycles. The second kappa shape index (κ2) is 9.67. The predicted octanol–water partition coefficient (Wildman–Crippen LogP) is 2.91. The molecule has 2 N–H and O–H groups in total. The molecular formula is C17H26N6O. The summed E-state index contributed by atoms with van der Waals surface area (Å²) >= 11 is 0. The molecule has 0 aliphatic heterocycles. The molecule has 130 valence electrons. The van der Waals surface area contributed by atoms with Gasteiger partial charge in [0.15, 0.2) is 5.82 Å². The standard InChI is InChI=1S/C17H26N6O/c1-4-23(5-2)15-9-7-14(8-10-15)20-17-21-16(13-19-22-17)18-11-6-12-24-3/h7-10,13H,4-6,11-12H2,1-3H3,(H2,18,20,21,22). The maximum atomic E-state index is 5.02. The Bertz CT molecular complexity index is 600. The van der Waals surface area contributed by atoms with Crippen LogP contribution in [0.4, 0.5) is 23.1 Å². The summed E-state index contributed by atoms with van der Waals surface area (Å²) in [7, 11) is 1.69. The molecule has 0 amide bonds. The van der Waals surface area contributed by atoms with Crippen molar-refractivity contribution in [3.05, 3.63) is 30.5 Å². The van der Waals surface area contributed by atoms with E-state index in [-0.39, 0.29) is 0 Å². The molecule has 24 heavy (non-hydrogen) atoms. The predicted molar refractivity (Wildman–Crippen MR) is 98.1 cm³/mol. The van der Waals surface area contributed by atoms with E-state index in [1.165, 1.54) is 5.69 Å². The minimum atomic E-state index is 0.474. The van der Waals surface area contributed by atoms with Gasteiger partial charge in [-0.1, -0.05) is 0 Å². The van der Waals surface area contributed by atoms with Crippen molar-refractivity contribution < 1.29 is 4.74 Å². The molecule has 0 radical (unpaired) electrons. The maximum absolute atomic E-state index is 5.02. The summed E-state index contributed by atoms with van der Waals surface area (Å²) in [5.41, 5.74) is 2.14. The molecule has 0 aliphatic carbocycles. The number of nitrogens with one attached hydrogen (secondary N) is 2. The minimum Gasteiger partial charge on any atom is -0.385 e. The van der Waals surface area contributed by atoms with E-state index >= 15 is 0 Å². The molecule has 0 bridgehead atoms. The van der Waals surface area contributed by atoms with Crippen molar-refractivity contribution in [1.29, 1.82) is 0 Å². The topological polar surface area (TPSA) is 75.2 Å². The average Bonchev–Trinajstić information content (AvgIpc) is 2.62. The average molecular weight is 330 g/mol. The third-order valence-electron chi connectivity index (χ3n) is 3.64. The number of hydrogen-bond donors (Lipinski definition) is 2. The highest BCUT2D eigenvalue weighted by molar-refractivity contribution is 5.59. The Morgan fingerprint density at radius 1 is 1.12 bits per heavy atom.